The summed E-state index contributed by atoms with van der Waals surface area (Å²) in [6.45, 7) is 4.64. The lowest BCUT2D eigenvalue weighted by molar-refractivity contribution is 0.143. The van der Waals surface area contributed by atoms with E-state index < -0.39 is 0 Å². The molecule has 1 saturated heterocycles. The first-order valence-electron chi connectivity index (χ1n) is 6.67. The van der Waals surface area contributed by atoms with E-state index >= 15 is 0 Å². The molecule has 0 bridgehead atoms. The quantitative estimate of drug-likeness (QED) is 0.637. The van der Waals surface area contributed by atoms with Crippen LogP contribution in [0.15, 0.2) is 12.3 Å². The van der Waals surface area contributed by atoms with Crippen molar-refractivity contribution in [3.05, 3.63) is 23.4 Å². The van der Waals surface area contributed by atoms with Gasteiger partial charge < -0.3 is 15.4 Å². The van der Waals surface area contributed by atoms with Crippen molar-refractivity contribution in [3.63, 3.8) is 0 Å². The lowest BCUT2D eigenvalue weighted by Crippen LogP contribution is -2.39. The van der Waals surface area contributed by atoms with Crippen molar-refractivity contribution in [1.29, 1.82) is 5.41 Å². The molecule has 104 valence electrons. The molecule has 0 saturated carbocycles. The number of rotatable bonds is 4. The van der Waals surface area contributed by atoms with Gasteiger partial charge in [-0.3, -0.25) is 5.41 Å². The Labute approximate surface area is 114 Å². The van der Waals surface area contributed by atoms with E-state index in [1.54, 1.807) is 13.3 Å². The van der Waals surface area contributed by atoms with E-state index in [-0.39, 0.29) is 5.84 Å². The summed E-state index contributed by atoms with van der Waals surface area (Å²) in [5, 5.41) is 7.75. The third-order valence-corrected chi connectivity index (χ3v) is 3.63. The van der Waals surface area contributed by atoms with Gasteiger partial charge in [-0.05, 0) is 37.3 Å². The summed E-state index contributed by atoms with van der Waals surface area (Å²) in [4.78, 5) is 6.68. The van der Waals surface area contributed by atoms with E-state index in [0.29, 0.717) is 5.92 Å². The zero-order valence-corrected chi connectivity index (χ0v) is 11.6. The molecule has 0 aromatic carbocycles. The van der Waals surface area contributed by atoms with Crippen LogP contribution in [0.1, 0.15) is 24.0 Å². The largest absolute Gasteiger partial charge is 0.384 e. The summed E-state index contributed by atoms with van der Waals surface area (Å²) in [7, 11) is 1.74. The molecule has 1 aromatic rings. The van der Waals surface area contributed by atoms with Gasteiger partial charge >= 0.3 is 0 Å². The molecule has 1 fully saturated rings. The first-order chi connectivity index (χ1) is 9.13. The SMILES string of the molecule is COCC1CCCN(c2nccc(C)c2C(=N)N)C1. The zero-order chi connectivity index (χ0) is 13.8. The minimum absolute atomic E-state index is 0.0921. The number of hydrogen-bond acceptors (Lipinski definition) is 4. The highest BCUT2D eigenvalue weighted by Crippen LogP contribution is 2.26. The number of methoxy groups -OCH3 is 1. The number of piperidine rings is 1. The molecule has 1 unspecified atom stereocenters. The fraction of sp³-hybridized carbons (Fsp3) is 0.571. The summed E-state index contributed by atoms with van der Waals surface area (Å²) in [6.07, 6.45) is 4.10. The molecule has 3 N–H and O–H groups in total. The van der Waals surface area contributed by atoms with Crippen molar-refractivity contribution in [2.75, 3.05) is 31.7 Å². The van der Waals surface area contributed by atoms with Gasteiger partial charge in [-0.1, -0.05) is 0 Å². The average Bonchev–Trinajstić information content (AvgIpc) is 2.38. The number of aryl methyl sites for hydroxylation is 1. The Morgan fingerprint density at radius 3 is 3.11 bits per heavy atom. The van der Waals surface area contributed by atoms with E-state index in [1.165, 1.54) is 6.42 Å². The molecular weight excluding hydrogens is 240 g/mol. The Morgan fingerprint density at radius 1 is 1.63 bits per heavy atom. The summed E-state index contributed by atoms with van der Waals surface area (Å²) in [5.74, 6) is 1.46. The van der Waals surface area contributed by atoms with Crippen LogP contribution in [-0.4, -0.2) is 37.6 Å². The average molecular weight is 262 g/mol. The third-order valence-electron chi connectivity index (χ3n) is 3.63. The highest BCUT2D eigenvalue weighted by atomic mass is 16.5. The number of aromatic nitrogens is 1. The van der Waals surface area contributed by atoms with E-state index in [9.17, 15) is 0 Å². The molecular formula is C14H22N4O. The smallest absolute Gasteiger partial charge is 0.139 e. The van der Waals surface area contributed by atoms with Crippen LogP contribution in [0.5, 0.6) is 0 Å². The fourth-order valence-electron chi connectivity index (χ4n) is 2.75. The number of nitrogens with one attached hydrogen (secondary N) is 1. The molecule has 2 rings (SSSR count). The second-order valence-electron chi connectivity index (χ2n) is 5.15. The van der Waals surface area contributed by atoms with Crippen molar-refractivity contribution in [2.24, 2.45) is 11.7 Å². The third kappa shape index (κ3) is 3.04. The van der Waals surface area contributed by atoms with Crippen LogP contribution < -0.4 is 10.6 Å². The molecule has 5 heteroatoms. The first-order valence-corrected chi connectivity index (χ1v) is 6.67. The van der Waals surface area contributed by atoms with Gasteiger partial charge in [0.2, 0.25) is 0 Å². The van der Waals surface area contributed by atoms with Gasteiger partial charge in [-0.25, -0.2) is 4.98 Å². The zero-order valence-electron chi connectivity index (χ0n) is 11.6. The topological polar surface area (TPSA) is 75.2 Å². The van der Waals surface area contributed by atoms with E-state index in [2.05, 4.69) is 9.88 Å². The molecule has 5 nitrogen and oxygen atoms in total. The number of hydrogen-bond donors (Lipinski definition) is 2. The van der Waals surface area contributed by atoms with Crippen molar-refractivity contribution >= 4 is 11.7 Å². The molecule has 19 heavy (non-hydrogen) atoms. The van der Waals surface area contributed by atoms with Crippen LogP contribution in [0, 0.1) is 18.3 Å². The predicted molar refractivity (Wildman–Crippen MR) is 76.8 cm³/mol. The molecule has 1 atom stereocenters. The van der Waals surface area contributed by atoms with Crippen molar-refractivity contribution in [1.82, 2.24) is 4.98 Å². The molecule has 1 aromatic heterocycles. The van der Waals surface area contributed by atoms with Gasteiger partial charge in [-0.15, -0.1) is 0 Å². The van der Waals surface area contributed by atoms with Gasteiger partial charge in [0, 0.05) is 26.4 Å². The van der Waals surface area contributed by atoms with Crippen LogP contribution in [-0.2, 0) is 4.74 Å². The summed E-state index contributed by atoms with van der Waals surface area (Å²) >= 11 is 0. The Balaban J connectivity index is 2.26. The maximum atomic E-state index is 7.75. The monoisotopic (exact) mass is 262 g/mol. The summed E-state index contributed by atoms with van der Waals surface area (Å²) in [5.41, 5.74) is 7.48. The lowest BCUT2D eigenvalue weighted by atomic mass is 9.98. The molecule has 1 aliphatic heterocycles. The van der Waals surface area contributed by atoms with Crippen LogP contribution in [0.4, 0.5) is 5.82 Å². The number of pyridine rings is 1. The van der Waals surface area contributed by atoms with Crippen LogP contribution in [0.2, 0.25) is 0 Å². The predicted octanol–water partition coefficient (Wildman–Crippen LogP) is 1.54. The summed E-state index contributed by atoms with van der Waals surface area (Å²) < 4.78 is 5.25. The van der Waals surface area contributed by atoms with Gasteiger partial charge in [0.1, 0.15) is 11.7 Å². The second kappa shape index (κ2) is 6.02. The lowest BCUT2D eigenvalue weighted by Gasteiger charge is -2.34. The molecule has 2 heterocycles. The van der Waals surface area contributed by atoms with Gasteiger partial charge in [0.05, 0.1) is 12.2 Å². The summed E-state index contributed by atoms with van der Waals surface area (Å²) in [6, 6.07) is 1.90. The Bertz CT molecular complexity index is 459. The van der Waals surface area contributed by atoms with Crippen LogP contribution in [0.3, 0.4) is 0 Å². The fourth-order valence-corrected chi connectivity index (χ4v) is 2.75. The molecule has 0 aliphatic carbocycles. The molecule has 0 radical (unpaired) electrons. The number of ether oxygens (including phenoxy) is 1. The normalized spacial score (nSPS) is 19.5. The van der Waals surface area contributed by atoms with Crippen LogP contribution >= 0.6 is 0 Å². The Kier molecular flexibility index (Phi) is 4.37. The van der Waals surface area contributed by atoms with Crippen molar-refractivity contribution in [3.8, 4) is 0 Å². The number of nitrogen functional groups attached to an aromatic ring is 1. The Hall–Kier alpha value is -1.62. The maximum absolute atomic E-state index is 7.75. The highest BCUT2D eigenvalue weighted by molar-refractivity contribution is 6.01. The van der Waals surface area contributed by atoms with E-state index in [0.717, 1.165) is 43.1 Å². The minimum Gasteiger partial charge on any atom is -0.384 e. The number of nitrogens with two attached hydrogens (primary N) is 1. The molecule has 1 aliphatic rings. The van der Waals surface area contributed by atoms with Gasteiger partial charge in [0.25, 0.3) is 0 Å². The Morgan fingerprint density at radius 2 is 2.42 bits per heavy atom. The standard InChI is InChI=1S/C14H22N4O/c1-10-5-6-17-14(12(10)13(15)16)18-7-3-4-11(8-18)9-19-2/h5-6,11H,3-4,7-9H2,1-2H3,(H3,15,16). The van der Waals surface area contributed by atoms with Gasteiger partial charge in [-0.2, -0.15) is 0 Å². The second-order valence-corrected chi connectivity index (χ2v) is 5.15. The van der Waals surface area contributed by atoms with Crippen LogP contribution in [0.25, 0.3) is 0 Å². The number of nitrogens with zero attached hydrogens (tertiary/aromatic N) is 2. The van der Waals surface area contributed by atoms with E-state index in [4.69, 9.17) is 15.9 Å². The number of anilines is 1. The first kappa shape index (κ1) is 13.8. The molecule has 0 amide bonds. The highest BCUT2D eigenvalue weighted by Gasteiger charge is 2.23. The maximum Gasteiger partial charge on any atom is 0.139 e. The minimum atomic E-state index is 0.0921. The van der Waals surface area contributed by atoms with Crippen molar-refractivity contribution in [2.45, 2.75) is 19.8 Å². The van der Waals surface area contributed by atoms with E-state index in [1.807, 2.05) is 13.0 Å². The number of amidine groups is 1. The van der Waals surface area contributed by atoms with Gasteiger partial charge in [0.15, 0.2) is 0 Å². The molecule has 0 spiro atoms. The van der Waals surface area contributed by atoms with Crippen molar-refractivity contribution < 1.29 is 4.74 Å².